The second-order valence-corrected chi connectivity index (χ2v) is 7.55. The standard InChI is InChI=1S/C23H22N4O3S/c1-29-19-10-9-17(14-20(19)30-2)22-25-23-27(26-22)18(15-31-23)12-13-24-21(28)11-8-16-6-4-3-5-7-16/h3-11,14-15H,12-13H2,1-2H3,(H,24,28). The number of carbonyl (C=O) groups is 1. The van der Waals surface area contributed by atoms with Crippen molar-refractivity contribution in [1.29, 1.82) is 0 Å². The summed E-state index contributed by atoms with van der Waals surface area (Å²) in [4.78, 5) is 17.5. The molecule has 2 aromatic carbocycles. The van der Waals surface area contributed by atoms with E-state index < -0.39 is 0 Å². The van der Waals surface area contributed by atoms with Gasteiger partial charge in [-0.05, 0) is 29.8 Å². The van der Waals surface area contributed by atoms with Crippen LogP contribution in [-0.4, -0.2) is 41.3 Å². The maximum Gasteiger partial charge on any atom is 0.244 e. The van der Waals surface area contributed by atoms with Crippen molar-refractivity contribution in [2.45, 2.75) is 6.42 Å². The van der Waals surface area contributed by atoms with E-state index in [4.69, 9.17) is 9.47 Å². The van der Waals surface area contributed by atoms with Gasteiger partial charge in [-0.15, -0.1) is 16.4 Å². The molecule has 1 N–H and O–H groups in total. The monoisotopic (exact) mass is 434 g/mol. The van der Waals surface area contributed by atoms with Crippen molar-refractivity contribution in [2.75, 3.05) is 20.8 Å². The fourth-order valence-electron chi connectivity index (χ4n) is 3.10. The smallest absolute Gasteiger partial charge is 0.244 e. The van der Waals surface area contributed by atoms with Gasteiger partial charge in [0.05, 0.1) is 19.9 Å². The Balaban J connectivity index is 1.41. The van der Waals surface area contributed by atoms with Crippen LogP contribution in [0.15, 0.2) is 60.0 Å². The maximum absolute atomic E-state index is 12.1. The summed E-state index contributed by atoms with van der Waals surface area (Å²) in [6.07, 6.45) is 3.99. The summed E-state index contributed by atoms with van der Waals surface area (Å²) < 4.78 is 12.5. The molecule has 0 radical (unpaired) electrons. The molecule has 31 heavy (non-hydrogen) atoms. The Labute approximate surface area is 184 Å². The van der Waals surface area contributed by atoms with Crippen LogP contribution in [0.5, 0.6) is 11.5 Å². The average molecular weight is 435 g/mol. The average Bonchev–Trinajstić information content (AvgIpc) is 3.39. The molecule has 0 saturated carbocycles. The number of rotatable bonds is 8. The first-order valence-electron chi connectivity index (χ1n) is 9.74. The van der Waals surface area contributed by atoms with E-state index in [0.717, 1.165) is 21.8 Å². The molecule has 0 spiro atoms. The van der Waals surface area contributed by atoms with E-state index in [9.17, 15) is 4.79 Å². The van der Waals surface area contributed by atoms with E-state index in [1.165, 1.54) is 11.3 Å². The van der Waals surface area contributed by atoms with E-state index in [1.54, 1.807) is 26.4 Å². The van der Waals surface area contributed by atoms with Crippen LogP contribution < -0.4 is 14.8 Å². The molecule has 8 heteroatoms. The Hall–Kier alpha value is -3.65. The third-order valence-electron chi connectivity index (χ3n) is 4.70. The molecule has 0 saturated heterocycles. The van der Waals surface area contributed by atoms with Crippen LogP contribution in [-0.2, 0) is 11.2 Å². The zero-order chi connectivity index (χ0) is 21.6. The van der Waals surface area contributed by atoms with Crippen LogP contribution in [0.2, 0.25) is 0 Å². The van der Waals surface area contributed by atoms with Gasteiger partial charge < -0.3 is 14.8 Å². The molecule has 0 unspecified atom stereocenters. The summed E-state index contributed by atoms with van der Waals surface area (Å²) in [5.41, 5.74) is 2.83. The highest BCUT2D eigenvalue weighted by Gasteiger charge is 2.14. The van der Waals surface area contributed by atoms with Gasteiger partial charge in [-0.25, -0.2) is 4.52 Å². The molecule has 0 bridgehead atoms. The van der Waals surface area contributed by atoms with Gasteiger partial charge >= 0.3 is 0 Å². The minimum atomic E-state index is -0.125. The number of hydrogen-bond donors (Lipinski definition) is 1. The van der Waals surface area contributed by atoms with E-state index in [2.05, 4.69) is 15.4 Å². The zero-order valence-electron chi connectivity index (χ0n) is 17.2. The van der Waals surface area contributed by atoms with Gasteiger partial charge in [0, 0.05) is 30.0 Å². The Morgan fingerprint density at radius 1 is 1.13 bits per heavy atom. The van der Waals surface area contributed by atoms with Crippen LogP contribution in [0.3, 0.4) is 0 Å². The number of fused-ring (bicyclic) bond motifs is 1. The fourth-order valence-corrected chi connectivity index (χ4v) is 3.96. The summed E-state index contributed by atoms with van der Waals surface area (Å²) in [5.74, 6) is 1.78. The largest absolute Gasteiger partial charge is 0.493 e. The van der Waals surface area contributed by atoms with Gasteiger partial charge in [-0.2, -0.15) is 4.98 Å². The maximum atomic E-state index is 12.1. The van der Waals surface area contributed by atoms with Crippen molar-refractivity contribution in [3.8, 4) is 22.9 Å². The number of amides is 1. The molecule has 158 valence electrons. The first-order valence-corrected chi connectivity index (χ1v) is 10.6. The lowest BCUT2D eigenvalue weighted by atomic mass is 10.2. The Kier molecular flexibility index (Phi) is 6.28. The van der Waals surface area contributed by atoms with Crippen molar-refractivity contribution < 1.29 is 14.3 Å². The Morgan fingerprint density at radius 3 is 2.71 bits per heavy atom. The molecule has 7 nitrogen and oxygen atoms in total. The van der Waals surface area contributed by atoms with Gasteiger partial charge in [0.25, 0.3) is 0 Å². The Bertz CT molecular complexity index is 1210. The molecule has 2 aromatic heterocycles. The second kappa shape index (κ2) is 9.44. The van der Waals surface area contributed by atoms with Gasteiger partial charge in [-0.1, -0.05) is 30.3 Å². The van der Waals surface area contributed by atoms with Crippen LogP contribution >= 0.6 is 11.3 Å². The summed E-state index contributed by atoms with van der Waals surface area (Å²) >= 11 is 1.52. The third-order valence-corrected chi connectivity index (χ3v) is 5.56. The highest BCUT2D eigenvalue weighted by Crippen LogP contribution is 2.31. The predicted octanol–water partition coefficient (Wildman–Crippen LogP) is 3.85. The quantitative estimate of drug-likeness (QED) is 0.426. The van der Waals surface area contributed by atoms with Crippen LogP contribution in [0.25, 0.3) is 22.4 Å². The van der Waals surface area contributed by atoms with Crippen LogP contribution in [0.4, 0.5) is 0 Å². The summed E-state index contributed by atoms with van der Waals surface area (Å²) in [6, 6.07) is 15.3. The minimum Gasteiger partial charge on any atom is -0.493 e. The van der Waals surface area contributed by atoms with Crippen LogP contribution in [0, 0.1) is 0 Å². The number of nitrogens with one attached hydrogen (secondary N) is 1. The van der Waals surface area contributed by atoms with Gasteiger partial charge in [0.2, 0.25) is 10.9 Å². The lowest BCUT2D eigenvalue weighted by Gasteiger charge is -2.07. The van der Waals surface area contributed by atoms with Crippen molar-refractivity contribution in [2.24, 2.45) is 0 Å². The van der Waals surface area contributed by atoms with Gasteiger partial charge in [-0.3, -0.25) is 4.79 Å². The number of nitrogens with zero attached hydrogens (tertiary/aromatic N) is 3. The van der Waals surface area contributed by atoms with E-state index in [1.807, 2.05) is 58.4 Å². The van der Waals surface area contributed by atoms with Gasteiger partial charge in [0.1, 0.15) is 0 Å². The zero-order valence-corrected chi connectivity index (χ0v) is 18.1. The molecule has 0 aliphatic rings. The lowest BCUT2D eigenvalue weighted by molar-refractivity contribution is -0.116. The topological polar surface area (TPSA) is 77.8 Å². The van der Waals surface area contributed by atoms with E-state index >= 15 is 0 Å². The molecule has 0 aliphatic heterocycles. The summed E-state index contributed by atoms with van der Waals surface area (Å²) in [5, 5.41) is 9.56. The molecular weight excluding hydrogens is 412 g/mol. The molecule has 2 heterocycles. The first kappa shape index (κ1) is 20.6. The van der Waals surface area contributed by atoms with Crippen LogP contribution in [0.1, 0.15) is 11.3 Å². The summed E-state index contributed by atoms with van der Waals surface area (Å²) in [6.45, 7) is 0.509. The predicted molar refractivity (Wildman–Crippen MR) is 122 cm³/mol. The van der Waals surface area contributed by atoms with Crippen molar-refractivity contribution >= 4 is 28.3 Å². The first-order chi connectivity index (χ1) is 15.2. The van der Waals surface area contributed by atoms with Crippen molar-refractivity contribution in [3.63, 3.8) is 0 Å². The number of benzene rings is 2. The molecule has 0 atom stereocenters. The fraction of sp³-hybridized carbons (Fsp3) is 0.174. The number of carbonyl (C=O) groups excluding carboxylic acids is 1. The number of ether oxygens (including phenoxy) is 2. The number of thiazole rings is 1. The van der Waals surface area contributed by atoms with Crippen molar-refractivity contribution in [1.82, 2.24) is 19.9 Å². The molecule has 0 aliphatic carbocycles. The van der Waals surface area contributed by atoms with E-state index in [-0.39, 0.29) is 5.91 Å². The Morgan fingerprint density at radius 2 is 1.94 bits per heavy atom. The molecular formula is C23H22N4O3S. The summed E-state index contributed by atoms with van der Waals surface area (Å²) in [7, 11) is 3.20. The molecule has 1 amide bonds. The molecule has 4 aromatic rings. The second-order valence-electron chi connectivity index (χ2n) is 6.71. The highest BCUT2D eigenvalue weighted by atomic mass is 32.1. The number of methoxy groups -OCH3 is 2. The lowest BCUT2D eigenvalue weighted by Crippen LogP contribution is -2.23. The highest BCUT2D eigenvalue weighted by molar-refractivity contribution is 7.15. The minimum absolute atomic E-state index is 0.125. The number of hydrogen-bond acceptors (Lipinski definition) is 6. The molecule has 0 fully saturated rings. The third kappa shape index (κ3) is 4.75. The van der Waals surface area contributed by atoms with Crippen molar-refractivity contribution in [3.05, 3.63) is 71.2 Å². The molecule has 4 rings (SSSR count). The normalized spacial score (nSPS) is 11.2. The van der Waals surface area contributed by atoms with E-state index in [0.29, 0.717) is 30.3 Å². The van der Waals surface area contributed by atoms with Gasteiger partial charge in [0.15, 0.2) is 17.3 Å². The number of aromatic nitrogens is 3. The SMILES string of the molecule is COc1ccc(-c2nc3scc(CCNC(=O)C=Cc4ccccc4)n3n2)cc1OC.